The molecule has 9 heteroatoms. The number of carbonyl (C=O) groups excluding carboxylic acids is 1. The first-order valence-electron chi connectivity index (χ1n) is 9.50. The zero-order valence-electron chi connectivity index (χ0n) is 16.7. The molecule has 30 heavy (non-hydrogen) atoms. The summed E-state index contributed by atoms with van der Waals surface area (Å²) in [7, 11) is 3.03. The van der Waals surface area contributed by atoms with E-state index in [1.807, 2.05) is 35.7 Å². The van der Waals surface area contributed by atoms with Gasteiger partial charge in [0, 0.05) is 37.6 Å². The van der Waals surface area contributed by atoms with Crippen molar-refractivity contribution in [3.8, 4) is 10.4 Å². The number of fused-ring (bicyclic) bond motifs is 1. The Morgan fingerprint density at radius 2 is 1.87 bits per heavy atom. The third kappa shape index (κ3) is 3.71. The van der Waals surface area contributed by atoms with Crippen molar-refractivity contribution in [2.24, 2.45) is 14.1 Å². The molecule has 3 aromatic heterocycles. The predicted octanol–water partition coefficient (Wildman–Crippen LogP) is 2.58. The highest BCUT2D eigenvalue weighted by atomic mass is 32.1. The van der Waals surface area contributed by atoms with Crippen LogP contribution in [-0.2, 0) is 25.4 Å². The van der Waals surface area contributed by atoms with Gasteiger partial charge in [0.15, 0.2) is 11.2 Å². The van der Waals surface area contributed by atoms with Crippen molar-refractivity contribution in [1.82, 2.24) is 18.7 Å². The summed E-state index contributed by atoms with van der Waals surface area (Å²) in [5.41, 5.74) is 1.77. The van der Waals surface area contributed by atoms with E-state index in [9.17, 15) is 14.4 Å². The van der Waals surface area contributed by atoms with Crippen LogP contribution in [0.25, 0.3) is 21.6 Å². The van der Waals surface area contributed by atoms with Crippen molar-refractivity contribution in [3.05, 3.63) is 68.9 Å². The summed E-state index contributed by atoms with van der Waals surface area (Å²) in [6.45, 7) is 0.453. The molecule has 0 unspecified atom stereocenters. The summed E-state index contributed by atoms with van der Waals surface area (Å²) in [5, 5.41) is 4.93. The molecule has 3 heterocycles. The molecule has 4 aromatic rings. The first kappa shape index (κ1) is 19.8. The number of nitrogens with one attached hydrogen (secondary N) is 1. The molecule has 0 aliphatic carbocycles. The van der Waals surface area contributed by atoms with Gasteiger partial charge in [0.25, 0.3) is 5.56 Å². The lowest BCUT2D eigenvalue weighted by Crippen LogP contribution is -2.37. The fourth-order valence-electron chi connectivity index (χ4n) is 3.36. The second-order valence-electron chi connectivity index (χ2n) is 7.02. The number of aryl methyl sites for hydroxylation is 2. The summed E-state index contributed by atoms with van der Waals surface area (Å²) in [6, 6.07) is 11.8. The normalized spacial score (nSPS) is 11.1. The maximum absolute atomic E-state index is 12.4. The van der Waals surface area contributed by atoms with Crippen LogP contribution in [0, 0.1) is 0 Å². The average molecular weight is 423 g/mol. The Balaban J connectivity index is 1.38. The first-order chi connectivity index (χ1) is 14.5. The molecule has 0 spiro atoms. The Bertz CT molecular complexity index is 1310. The van der Waals surface area contributed by atoms with Gasteiger partial charge in [-0.05, 0) is 35.6 Å². The van der Waals surface area contributed by atoms with Crippen LogP contribution in [0.4, 0.5) is 5.69 Å². The summed E-state index contributed by atoms with van der Waals surface area (Å²) < 4.78 is 4.10. The standard InChI is InChI=1S/C21H21N5O3S/c1-24-19-18(20(28)25(2)21(24)29)26(13-22-19)11-3-6-17(27)23-15-9-7-14(8-10-15)16-5-4-12-30-16/h4-5,7-10,12-13H,3,6,11H2,1-2H3,(H,23,27). The van der Waals surface area contributed by atoms with Crippen LogP contribution in [0.5, 0.6) is 0 Å². The molecule has 0 bridgehead atoms. The SMILES string of the molecule is Cn1c(=O)c2c(ncn2CCCC(=O)Nc2ccc(-c3cccs3)cc2)n(C)c1=O. The van der Waals surface area contributed by atoms with E-state index in [1.165, 1.54) is 22.8 Å². The van der Waals surface area contributed by atoms with Crippen molar-refractivity contribution >= 4 is 34.1 Å². The molecule has 0 radical (unpaired) electrons. The van der Waals surface area contributed by atoms with Gasteiger partial charge in [0.05, 0.1) is 6.33 Å². The summed E-state index contributed by atoms with van der Waals surface area (Å²) >= 11 is 1.67. The summed E-state index contributed by atoms with van der Waals surface area (Å²) in [6.07, 6.45) is 2.38. The molecule has 0 fully saturated rings. The number of anilines is 1. The average Bonchev–Trinajstić information content (AvgIpc) is 3.42. The number of carbonyl (C=O) groups is 1. The fraction of sp³-hybridized carbons (Fsp3) is 0.238. The molecule has 0 atom stereocenters. The molecule has 4 rings (SSSR count). The number of imidazole rings is 1. The lowest BCUT2D eigenvalue weighted by Gasteiger charge is -2.08. The van der Waals surface area contributed by atoms with Crippen LogP contribution in [0.2, 0.25) is 0 Å². The summed E-state index contributed by atoms with van der Waals surface area (Å²) in [5.74, 6) is -0.0939. The van der Waals surface area contributed by atoms with Crippen LogP contribution >= 0.6 is 11.3 Å². The van der Waals surface area contributed by atoms with Crippen LogP contribution in [0.15, 0.2) is 57.7 Å². The van der Waals surface area contributed by atoms with Crippen LogP contribution in [0.1, 0.15) is 12.8 Å². The van der Waals surface area contributed by atoms with Crippen molar-refractivity contribution < 1.29 is 4.79 Å². The summed E-state index contributed by atoms with van der Waals surface area (Å²) in [4.78, 5) is 42.1. The largest absolute Gasteiger partial charge is 0.332 e. The second-order valence-corrected chi connectivity index (χ2v) is 7.97. The first-order valence-corrected chi connectivity index (χ1v) is 10.4. The molecule has 0 aliphatic rings. The van der Waals surface area contributed by atoms with Crippen LogP contribution in [-0.4, -0.2) is 24.6 Å². The number of amides is 1. The van der Waals surface area contributed by atoms with Crippen LogP contribution < -0.4 is 16.6 Å². The van der Waals surface area contributed by atoms with E-state index >= 15 is 0 Å². The van der Waals surface area contributed by atoms with E-state index in [4.69, 9.17) is 0 Å². The highest BCUT2D eigenvalue weighted by Gasteiger charge is 2.14. The van der Waals surface area contributed by atoms with Gasteiger partial charge in [-0.2, -0.15) is 0 Å². The monoisotopic (exact) mass is 423 g/mol. The minimum absolute atomic E-state index is 0.0939. The van der Waals surface area contributed by atoms with Crippen molar-refractivity contribution in [1.29, 1.82) is 0 Å². The lowest BCUT2D eigenvalue weighted by molar-refractivity contribution is -0.116. The van der Waals surface area contributed by atoms with Gasteiger partial charge in [-0.1, -0.05) is 18.2 Å². The predicted molar refractivity (Wildman–Crippen MR) is 118 cm³/mol. The van der Waals surface area contributed by atoms with E-state index in [2.05, 4.69) is 16.4 Å². The van der Waals surface area contributed by atoms with Gasteiger partial charge in [0.2, 0.25) is 5.91 Å². The molecule has 0 saturated carbocycles. The molecule has 1 aromatic carbocycles. The zero-order chi connectivity index (χ0) is 21.3. The van der Waals surface area contributed by atoms with E-state index in [1.54, 1.807) is 23.0 Å². The lowest BCUT2D eigenvalue weighted by atomic mass is 10.1. The molecular formula is C21H21N5O3S. The number of benzene rings is 1. The van der Waals surface area contributed by atoms with E-state index < -0.39 is 5.69 Å². The molecule has 1 N–H and O–H groups in total. The number of nitrogens with zero attached hydrogens (tertiary/aromatic N) is 4. The second kappa shape index (κ2) is 8.11. The maximum Gasteiger partial charge on any atom is 0.332 e. The van der Waals surface area contributed by atoms with Crippen LogP contribution in [0.3, 0.4) is 0 Å². The van der Waals surface area contributed by atoms with E-state index in [0.29, 0.717) is 30.6 Å². The Morgan fingerprint density at radius 1 is 1.10 bits per heavy atom. The van der Waals surface area contributed by atoms with E-state index in [0.717, 1.165) is 15.8 Å². The molecule has 1 amide bonds. The van der Waals surface area contributed by atoms with Gasteiger partial charge in [-0.25, -0.2) is 9.78 Å². The van der Waals surface area contributed by atoms with Crippen molar-refractivity contribution in [3.63, 3.8) is 0 Å². The van der Waals surface area contributed by atoms with Gasteiger partial charge < -0.3 is 9.88 Å². The van der Waals surface area contributed by atoms with Gasteiger partial charge >= 0.3 is 5.69 Å². The minimum Gasteiger partial charge on any atom is -0.326 e. The maximum atomic E-state index is 12.4. The third-order valence-electron chi connectivity index (χ3n) is 4.99. The highest BCUT2D eigenvalue weighted by Crippen LogP contribution is 2.25. The number of hydrogen-bond acceptors (Lipinski definition) is 5. The third-order valence-corrected chi connectivity index (χ3v) is 5.91. The smallest absolute Gasteiger partial charge is 0.326 e. The Morgan fingerprint density at radius 3 is 2.57 bits per heavy atom. The number of aromatic nitrogens is 4. The van der Waals surface area contributed by atoms with Crippen molar-refractivity contribution in [2.75, 3.05) is 5.32 Å². The minimum atomic E-state index is -0.415. The molecule has 8 nitrogen and oxygen atoms in total. The fourth-order valence-corrected chi connectivity index (χ4v) is 4.09. The molecule has 0 saturated heterocycles. The number of thiophene rings is 1. The molecule has 154 valence electrons. The highest BCUT2D eigenvalue weighted by molar-refractivity contribution is 7.13. The molecular weight excluding hydrogens is 402 g/mol. The Hall–Kier alpha value is -3.46. The Labute approximate surface area is 176 Å². The van der Waals surface area contributed by atoms with Gasteiger partial charge in [0.1, 0.15) is 0 Å². The number of rotatable bonds is 6. The Kier molecular flexibility index (Phi) is 5.37. The quantitative estimate of drug-likeness (QED) is 0.516. The molecule has 0 aliphatic heterocycles. The van der Waals surface area contributed by atoms with Gasteiger partial charge in [-0.15, -0.1) is 11.3 Å². The number of hydrogen-bond donors (Lipinski definition) is 1. The zero-order valence-corrected chi connectivity index (χ0v) is 17.5. The van der Waals surface area contributed by atoms with E-state index in [-0.39, 0.29) is 11.5 Å². The topological polar surface area (TPSA) is 90.9 Å². The van der Waals surface area contributed by atoms with Gasteiger partial charge in [-0.3, -0.25) is 18.7 Å². The van der Waals surface area contributed by atoms with Crippen molar-refractivity contribution in [2.45, 2.75) is 19.4 Å².